The number of hydrogen-bond donors (Lipinski definition) is 1. The SMILES string of the molecule is CCOC(=O)c1c(NC(=O)CSc2nnc(CS(=O)(=O)c3ccccc3)n2CC)sc2c1CCCC2. The van der Waals surface area contributed by atoms with E-state index in [2.05, 4.69) is 15.5 Å². The van der Waals surface area contributed by atoms with Crippen LogP contribution in [0.3, 0.4) is 0 Å². The van der Waals surface area contributed by atoms with E-state index in [1.165, 1.54) is 23.1 Å². The molecular weight excluding hydrogens is 520 g/mol. The molecule has 0 atom stereocenters. The number of nitrogens with one attached hydrogen (secondary N) is 1. The van der Waals surface area contributed by atoms with E-state index in [0.29, 0.717) is 28.1 Å². The third-order valence-electron chi connectivity index (χ3n) is 5.77. The third-order valence-corrected chi connectivity index (χ3v) is 9.57. The molecule has 12 heteroatoms. The fourth-order valence-electron chi connectivity index (χ4n) is 4.10. The molecule has 0 fully saturated rings. The number of amides is 1. The molecule has 1 aliphatic carbocycles. The van der Waals surface area contributed by atoms with Gasteiger partial charge in [-0.25, -0.2) is 13.2 Å². The maximum absolute atomic E-state index is 12.8. The average molecular weight is 549 g/mol. The summed E-state index contributed by atoms with van der Waals surface area (Å²) in [6.07, 6.45) is 3.77. The first-order valence-electron chi connectivity index (χ1n) is 11.8. The zero-order valence-corrected chi connectivity index (χ0v) is 22.6. The quantitative estimate of drug-likeness (QED) is 0.297. The molecule has 1 aromatic carbocycles. The highest BCUT2D eigenvalue weighted by molar-refractivity contribution is 7.99. The molecule has 0 aliphatic heterocycles. The Bertz CT molecular complexity index is 1350. The maximum Gasteiger partial charge on any atom is 0.341 e. The summed E-state index contributed by atoms with van der Waals surface area (Å²) in [6, 6.07) is 8.21. The number of anilines is 1. The van der Waals surface area contributed by atoms with Gasteiger partial charge in [0.15, 0.2) is 15.0 Å². The van der Waals surface area contributed by atoms with Crippen LogP contribution >= 0.6 is 23.1 Å². The minimum Gasteiger partial charge on any atom is -0.462 e. The van der Waals surface area contributed by atoms with Crippen LogP contribution in [0.15, 0.2) is 40.4 Å². The lowest BCUT2D eigenvalue weighted by atomic mass is 9.95. The number of nitrogens with zero attached hydrogens (tertiary/aromatic N) is 3. The minimum absolute atomic E-state index is 0.0361. The van der Waals surface area contributed by atoms with Gasteiger partial charge in [0, 0.05) is 11.4 Å². The van der Waals surface area contributed by atoms with Crippen molar-refractivity contribution in [3.05, 3.63) is 52.2 Å². The number of benzene rings is 1. The topological polar surface area (TPSA) is 120 Å². The second-order valence-electron chi connectivity index (χ2n) is 8.19. The van der Waals surface area contributed by atoms with Crippen LogP contribution in [-0.2, 0) is 44.5 Å². The van der Waals surface area contributed by atoms with Gasteiger partial charge in [0.25, 0.3) is 0 Å². The molecule has 1 amide bonds. The molecule has 2 heterocycles. The van der Waals surface area contributed by atoms with Crippen molar-refractivity contribution in [2.75, 3.05) is 17.7 Å². The molecule has 36 heavy (non-hydrogen) atoms. The van der Waals surface area contributed by atoms with E-state index in [0.717, 1.165) is 36.1 Å². The van der Waals surface area contributed by atoms with Crippen LogP contribution in [0.1, 0.15) is 53.3 Å². The Morgan fingerprint density at radius 2 is 1.89 bits per heavy atom. The van der Waals surface area contributed by atoms with Crippen molar-refractivity contribution in [3.63, 3.8) is 0 Å². The average Bonchev–Trinajstić information content (AvgIpc) is 3.43. The second-order valence-corrected chi connectivity index (χ2v) is 12.2. The van der Waals surface area contributed by atoms with Crippen LogP contribution < -0.4 is 5.32 Å². The number of fused-ring (bicyclic) bond motifs is 1. The first kappa shape index (κ1) is 26.4. The summed E-state index contributed by atoms with van der Waals surface area (Å²) >= 11 is 2.61. The number of rotatable bonds is 10. The number of hydrogen-bond acceptors (Lipinski definition) is 9. The highest BCUT2D eigenvalue weighted by Gasteiger charge is 2.27. The van der Waals surface area contributed by atoms with Gasteiger partial charge in [-0.15, -0.1) is 21.5 Å². The molecule has 0 spiro atoms. The Hall–Kier alpha value is -2.70. The zero-order valence-electron chi connectivity index (χ0n) is 20.2. The van der Waals surface area contributed by atoms with Crippen molar-refractivity contribution < 1.29 is 22.7 Å². The largest absolute Gasteiger partial charge is 0.462 e. The van der Waals surface area contributed by atoms with E-state index in [1.54, 1.807) is 41.8 Å². The van der Waals surface area contributed by atoms with Crippen molar-refractivity contribution >= 4 is 49.8 Å². The molecule has 0 bridgehead atoms. The molecule has 0 saturated carbocycles. The van der Waals surface area contributed by atoms with Crippen LogP contribution in [0.25, 0.3) is 0 Å². The number of carbonyl (C=O) groups is 2. The Kier molecular flexibility index (Phi) is 8.47. The van der Waals surface area contributed by atoms with Gasteiger partial charge in [0.1, 0.15) is 16.6 Å². The van der Waals surface area contributed by atoms with E-state index < -0.39 is 15.8 Å². The van der Waals surface area contributed by atoms with Crippen molar-refractivity contribution in [3.8, 4) is 0 Å². The van der Waals surface area contributed by atoms with Crippen molar-refractivity contribution in [2.24, 2.45) is 0 Å². The Morgan fingerprint density at radius 1 is 1.14 bits per heavy atom. The Labute approximate surface area is 218 Å². The van der Waals surface area contributed by atoms with Gasteiger partial charge in [-0.2, -0.15) is 0 Å². The lowest BCUT2D eigenvalue weighted by Gasteiger charge is -2.12. The van der Waals surface area contributed by atoms with Gasteiger partial charge in [-0.1, -0.05) is 30.0 Å². The Morgan fingerprint density at radius 3 is 2.61 bits per heavy atom. The Balaban J connectivity index is 1.45. The molecule has 192 valence electrons. The molecule has 0 saturated heterocycles. The fourth-order valence-corrected chi connectivity index (χ4v) is 7.50. The van der Waals surface area contributed by atoms with Gasteiger partial charge in [-0.3, -0.25) is 4.79 Å². The van der Waals surface area contributed by atoms with Crippen LogP contribution in [0.4, 0.5) is 5.00 Å². The number of aromatic nitrogens is 3. The van der Waals surface area contributed by atoms with E-state index in [4.69, 9.17) is 4.74 Å². The maximum atomic E-state index is 12.8. The predicted octanol–water partition coefficient (Wildman–Crippen LogP) is 4.12. The van der Waals surface area contributed by atoms with E-state index in [1.807, 2.05) is 6.92 Å². The molecule has 4 rings (SSSR count). The summed E-state index contributed by atoms with van der Waals surface area (Å²) in [6.45, 7) is 4.35. The lowest BCUT2D eigenvalue weighted by Crippen LogP contribution is -2.17. The van der Waals surface area contributed by atoms with Crippen molar-refractivity contribution in [1.82, 2.24) is 14.8 Å². The summed E-state index contributed by atoms with van der Waals surface area (Å²) in [5, 5.41) is 12.1. The van der Waals surface area contributed by atoms with Gasteiger partial charge in [0.05, 0.1) is 22.8 Å². The first-order valence-corrected chi connectivity index (χ1v) is 15.2. The first-order chi connectivity index (χ1) is 17.3. The van der Waals surface area contributed by atoms with Crippen LogP contribution in [0, 0.1) is 0 Å². The lowest BCUT2D eigenvalue weighted by molar-refractivity contribution is -0.113. The molecule has 0 unspecified atom stereocenters. The van der Waals surface area contributed by atoms with Crippen molar-refractivity contribution in [1.29, 1.82) is 0 Å². The number of thioether (sulfide) groups is 1. The zero-order chi connectivity index (χ0) is 25.7. The number of aryl methyl sites for hydroxylation is 1. The fraction of sp³-hybridized carbons (Fsp3) is 0.417. The number of esters is 1. The van der Waals surface area contributed by atoms with Crippen molar-refractivity contribution in [2.45, 2.75) is 61.9 Å². The molecular formula is C24H28N4O5S3. The van der Waals surface area contributed by atoms with Gasteiger partial charge in [0.2, 0.25) is 5.91 Å². The van der Waals surface area contributed by atoms with E-state index in [9.17, 15) is 18.0 Å². The molecule has 2 aromatic heterocycles. The molecule has 0 radical (unpaired) electrons. The van der Waals surface area contributed by atoms with Crippen LogP contribution in [0.2, 0.25) is 0 Å². The predicted molar refractivity (Wildman–Crippen MR) is 139 cm³/mol. The molecule has 1 aliphatic rings. The smallest absolute Gasteiger partial charge is 0.341 e. The monoisotopic (exact) mass is 548 g/mol. The molecule has 9 nitrogen and oxygen atoms in total. The van der Waals surface area contributed by atoms with Gasteiger partial charge < -0.3 is 14.6 Å². The number of thiophene rings is 1. The summed E-state index contributed by atoms with van der Waals surface area (Å²) in [5.74, 6) is -0.620. The highest BCUT2D eigenvalue weighted by atomic mass is 32.2. The normalized spacial score (nSPS) is 13.3. The molecule has 1 N–H and O–H groups in total. The van der Waals surface area contributed by atoms with Crippen LogP contribution in [0.5, 0.6) is 0 Å². The standard InChI is InChI=1S/C24H28N4O5S3/c1-3-28-19(15-36(31,32)16-10-6-5-7-11-16)26-27-24(28)34-14-20(29)25-22-21(23(30)33-4-2)17-12-8-9-13-18(17)35-22/h5-7,10-11H,3-4,8-9,12-15H2,1-2H3,(H,25,29). The summed E-state index contributed by atoms with van der Waals surface area (Å²) in [7, 11) is -3.58. The van der Waals surface area contributed by atoms with Gasteiger partial charge >= 0.3 is 5.97 Å². The summed E-state index contributed by atoms with van der Waals surface area (Å²) in [4.78, 5) is 26.8. The number of ether oxygens (including phenoxy) is 1. The second kappa shape index (κ2) is 11.6. The number of sulfone groups is 1. The third kappa shape index (κ3) is 5.81. The van der Waals surface area contributed by atoms with Crippen LogP contribution in [-0.4, -0.2) is 47.4 Å². The minimum atomic E-state index is -3.58. The summed E-state index contributed by atoms with van der Waals surface area (Å²) in [5.41, 5.74) is 1.46. The summed E-state index contributed by atoms with van der Waals surface area (Å²) < 4.78 is 32.5. The highest BCUT2D eigenvalue weighted by Crippen LogP contribution is 2.38. The van der Waals surface area contributed by atoms with E-state index >= 15 is 0 Å². The van der Waals surface area contributed by atoms with E-state index in [-0.39, 0.29) is 28.9 Å². The number of carbonyl (C=O) groups excluding carboxylic acids is 2. The van der Waals surface area contributed by atoms with Gasteiger partial charge in [-0.05, 0) is 57.2 Å². The molecule has 3 aromatic rings.